The summed E-state index contributed by atoms with van der Waals surface area (Å²) in [6.45, 7) is 0.524. The Hall–Kier alpha value is -2.69. The van der Waals surface area contributed by atoms with Gasteiger partial charge in [-0.1, -0.05) is 18.2 Å². The quantitative estimate of drug-likeness (QED) is 0.739. The highest BCUT2D eigenvalue weighted by molar-refractivity contribution is 6.05. The molecule has 0 bridgehead atoms. The average molecular weight is 280 g/mol. The Morgan fingerprint density at radius 3 is 2.86 bits per heavy atom. The van der Waals surface area contributed by atoms with Crippen molar-refractivity contribution in [2.45, 2.75) is 6.54 Å². The molecule has 3 rings (SSSR count). The molecule has 0 aliphatic carbocycles. The Morgan fingerprint density at radius 1 is 1.29 bits per heavy atom. The van der Waals surface area contributed by atoms with Crippen LogP contribution in [0.5, 0.6) is 0 Å². The second-order valence-electron chi connectivity index (χ2n) is 5.06. The van der Waals surface area contributed by atoms with Gasteiger partial charge in [-0.15, -0.1) is 0 Å². The fraction of sp³-hybridized carbons (Fsp3) is 0.188. The van der Waals surface area contributed by atoms with E-state index in [1.165, 1.54) is 0 Å². The van der Waals surface area contributed by atoms with Gasteiger partial charge in [0, 0.05) is 44.0 Å². The van der Waals surface area contributed by atoms with Crippen molar-refractivity contribution < 1.29 is 4.79 Å². The number of carbonyl (C=O) groups is 1. The number of pyridine rings is 1. The van der Waals surface area contributed by atoms with E-state index in [2.05, 4.69) is 10.1 Å². The molecule has 5 nitrogen and oxygen atoms in total. The van der Waals surface area contributed by atoms with Crippen LogP contribution in [0.2, 0.25) is 0 Å². The summed E-state index contributed by atoms with van der Waals surface area (Å²) in [7, 11) is 3.65. The van der Waals surface area contributed by atoms with Gasteiger partial charge in [-0.2, -0.15) is 5.10 Å². The first-order valence-electron chi connectivity index (χ1n) is 6.72. The molecule has 1 aromatic carbocycles. The Balaban J connectivity index is 1.89. The third-order valence-corrected chi connectivity index (χ3v) is 3.39. The zero-order valence-electron chi connectivity index (χ0n) is 12.0. The number of aryl methyl sites for hydroxylation is 1. The van der Waals surface area contributed by atoms with E-state index in [1.807, 2.05) is 43.6 Å². The minimum atomic E-state index is -0.0387. The number of carbonyl (C=O) groups excluding carboxylic acids is 1. The van der Waals surface area contributed by atoms with Crippen molar-refractivity contribution in [1.29, 1.82) is 0 Å². The van der Waals surface area contributed by atoms with Gasteiger partial charge in [0.25, 0.3) is 5.91 Å². The highest BCUT2D eigenvalue weighted by Gasteiger charge is 2.16. The van der Waals surface area contributed by atoms with E-state index in [1.54, 1.807) is 29.0 Å². The van der Waals surface area contributed by atoms with E-state index in [9.17, 15) is 4.79 Å². The minimum absolute atomic E-state index is 0.0387. The van der Waals surface area contributed by atoms with E-state index in [0.717, 1.165) is 16.5 Å². The summed E-state index contributed by atoms with van der Waals surface area (Å²) in [5.41, 5.74) is 2.36. The highest BCUT2D eigenvalue weighted by atomic mass is 16.2. The summed E-state index contributed by atoms with van der Waals surface area (Å²) in [5.74, 6) is -0.0387. The molecule has 106 valence electrons. The number of amides is 1. The van der Waals surface area contributed by atoms with Crippen molar-refractivity contribution >= 4 is 16.8 Å². The number of aromatic nitrogens is 3. The Labute approximate surface area is 122 Å². The predicted molar refractivity (Wildman–Crippen MR) is 80.7 cm³/mol. The second-order valence-corrected chi connectivity index (χ2v) is 5.06. The SMILES string of the molecule is CN(Cc1cnn(C)c1)C(=O)c1cccc2cccnc12. The molecule has 0 atom stereocenters. The smallest absolute Gasteiger partial charge is 0.256 e. The first-order valence-corrected chi connectivity index (χ1v) is 6.72. The van der Waals surface area contributed by atoms with Crippen molar-refractivity contribution in [2.75, 3.05) is 7.05 Å². The van der Waals surface area contributed by atoms with Gasteiger partial charge in [0.1, 0.15) is 0 Å². The van der Waals surface area contributed by atoms with Crippen LogP contribution in [0.1, 0.15) is 15.9 Å². The molecular formula is C16H16N4O. The summed E-state index contributed by atoms with van der Waals surface area (Å²) in [6, 6.07) is 9.49. The van der Waals surface area contributed by atoms with Gasteiger partial charge in [-0.05, 0) is 12.1 Å². The lowest BCUT2D eigenvalue weighted by Crippen LogP contribution is -2.26. The Kier molecular flexibility index (Phi) is 3.39. The van der Waals surface area contributed by atoms with Gasteiger partial charge in [-0.3, -0.25) is 14.5 Å². The molecule has 2 heterocycles. The van der Waals surface area contributed by atoms with Gasteiger partial charge in [0.05, 0.1) is 17.3 Å². The van der Waals surface area contributed by atoms with Gasteiger partial charge in [0.2, 0.25) is 0 Å². The van der Waals surface area contributed by atoms with Crippen LogP contribution < -0.4 is 0 Å². The summed E-state index contributed by atoms with van der Waals surface area (Å²) in [4.78, 5) is 18.6. The van der Waals surface area contributed by atoms with Gasteiger partial charge < -0.3 is 4.90 Å². The third kappa shape index (κ3) is 2.63. The average Bonchev–Trinajstić information content (AvgIpc) is 2.91. The standard InChI is InChI=1S/C16H16N4O/c1-19(10-12-9-18-20(2)11-12)16(21)14-7-3-5-13-6-4-8-17-15(13)14/h3-9,11H,10H2,1-2H3. The largest absolute Gasteiger partial charge is 0.337 e. The van der Waals surface area contributed by atoms with Crippen LogP contribution in [-0.2, 0) is 13.6 Å². The normalized spacial score (nSPS) is 10.8. The van der Waals surface area contributed by atoms with Crippen molar-refractivity contribution in [3.8, 4) is 0 Å². The lowest BCUT2D eigenvalue weighted by Gasteiger charge is -2.17. The summed E-state index contributed by atoms with van der Waals surface area (Å²) < 4.78 is 1.73. The van der Waals surface area contributed by atoms with Crippen molar-refractivity contribution in [1.82, 2.24) is 19.7 Å². The molecule has 0 unspecified atom stereocenters. The van der Waals surface area contributed by atoms with Crippen molar-refractivity contribution in [3.63, 3.8) is 0 Å². The first-order chi connectivity index (χ1) is 10.1. The molecular weight excluding hydrogens is 264 g/mol. The number of benzene rings is 1. The lowest BCUT2D eigenvalue weighted by molar-refractivity contribution is 0.0787. The van der Waals surface area contributed by atoms with Gasteiger partial charge >= 0.3 is 0 Å². The number of hydrogen-bond acceptors (Lipinski definition) is 3. The number of nitrogens with zero attached hydrogens (tertiary/aromatic N) is 4. The molecule has 0 N–H and O–H groups in total. The fourth-order valence-corrected chi connectivity index (χ4v) is 2.38. The van der Waals surface area contributed by atoms with Gasteiger partial charge in [0.15, 0.2) is 0 Å². The summed E-state index contributed by atoms with van der Waals surface area (Å²) in [5, 5.41) is 5.09. The van der Waals surface area contributed by atoms with E-state index < -0.39 is 0 Å². The molecule has 5 heteroatoms. The topological polar surface area (TPSA) is 51.0 Å². The first kappa shape index (κ1) is 13.3. The monoisotopic (exact) mass is 280 g/mol. The maximum atomic E-state index is 12.6. The third-order valence-electron chi connectivity index (χ3n) is 3.39. The van der Waals surface area contributed by atoms with Crippen LogP contribution in [0.25, 0.3) is 10.9 Å². The summed E-state index contributed by atoms with van der Waals surface area (Å²) in [6.07, 6.45) is 5.39. The molecule has 0 fully saturated rings. The molecule has 1 amide bonds. The molecule has 21 heavy (non-hydrogen) atoms. The van der Waals surface area contributed by atoms with Crippen LogP contribution in [0.15, 0.2) is 48.9 Å². The lowest BCUT2D eigenvalue weighted by atomic mass is 10.1. The highest BCUT2D eigenvalue weighted by Crippen LogP contribution is 2.18. The van der Waals surface area contributed by atoms with Crippen LogP contribution in [0.3, 0.4) is 0 Å². The molecule has 0 saturated heterocycles. The van der Waals surface area contributed by atoms with E-state index >= 15 is 0 Å². The fourth-order valence-electron chi connectivity index (χ4n) is 2.38. The molecule has 0 aliphatic heterocycles. The molecule has 0 saturated carbocycles. The van der Waals surface area contributed by atoms with Crippen LogP contribution in [0.4, 0.5) is 0 Å². The predicted octanol–water partition coefficient (Wildman–Crippen LogP) is 2.24. The Morgan fingerprint density at radius 2 is 2.10 bits per heavy atom. The van der Waals surface area contributed by atoms with Crippen molar-refractivity contribution in [3.05, 3.63) is 60.0 Å². The minimum Gasteiger partial charge on any atom is -0.337 e. The number of hydrogen-bond donors (Lipinski definition) is 0. The van der Waals surface area contributed by atoms with E-state index in [4.69, 9.17) is 0 Å². The Bertz CT molecular complexity index is 788. The second kappa shape index (κ2) is 5.36. The molecule has 0 spiro atoms. The van der Waals surface area contributed by atoms with Crippen molar-refractivity contribution in [2.24, 2.45) is 7.05 Å². The zero-order chi connectivity index (χ0) is 14.8. The maximum absolute atomic E-state index is 12.6. The van der Waals surface area contributed by atoms with Crippen LogP contribution >= 0.6 is 0 Å². The zero-order valence-corrected chi connectivity index (χ0v) is 12.0. The molecule has 0 aliphatic rings. The maximum Gasteiger partial charge on any atom is 0.256 e. The summed E-state index contributed by atoms with van der Waals surface area (Å²) >= 11 is 0. The van der Waals surface area contributed by atoms with E-state index in [-0.39, 0.29) is 5.91 Å². The van der Waals surface area contributed by atoms with Crippen LogP contribution in [-0.4, -0.2) is 32.6 Å². The van der Waals surface area contributed by atoms with Crippen LogP contribution in [0, 0.1) is 0 Å². The molecule has 3 aromatic rings. The van der Waals surface area contributed by atoms with Gasteiger partial charge in [-0.25, -0.2) is 0 Å². The molecule has 2 aromatic heterocycles. The number of rotatable bonds is 3. The number of fused-ring (bicyclic) bond motifs is 1. The molecule has 0 radical (unpaired) electrons. The number of para-hydroxylation sites is 1. The van der Waals surface area contributed by atoms with E-state index in [0.29, 0.717) is 12.1 Å².